The van der Waals surface area contributed by atoms with E-state index in [1.165, 1.54) is 0 Å². The van der Waals surface area contributed by atoms with Crippen LogP contribution in [0.2, 0.25) is 0 Å². The van der Waals surface area contributed by atoms with Crippen molar-refractivity contribution in [2.75, 3.05) is 7.11 Å². The highest BCUT2D eigenvalue weighted by molar-refractivity contribution is 5.81. The monoisotopic (exact) mass is 305 g/mol. The van der Waals surface area contributed by atoms with E-state index in [1.54, 1.807) is 32.2 Å². The van der Waals surface area contributed by atoms with Gasteiger partial charge in [-0.15, -0.1) is 0 Å². The molecule has 0 spiro atoms. The highest BCUT2D eigenvalue weighted by atomic mass is 16.5. The molecule has 0 saturated heterocycles. The van der Waals surface area contributed by atoms with Gasteiger partial charge in [0.05, 0.1) is 19.1 Å². The first-order valence-corrected chi connectivity index (χ1v) is 7.54. The van der Waals surface area contributed by atoms with Crippen LogP contribution in [0.4, 0.5) is 0 Å². The predicted molar refractivity (Wildman–Crippen MR) is 82.6 cm³/mol. The van der Waals surface area contributed by atoms with Gasteiger partial charge in [-0.3, -0.25) is 9.59 Å². The Morgan fingerprint density at radius 2 is 2.14 bits per heavy atom. The van der Waals surface area contributed by atoms with Crippen LogP contribution in [0.1, 0.15) is 38.7 Å². The maximum absolute atomic E-state index is 12.4. The number of amides is 1. The fourth-order valence-corrected chi connectivity index (χ4v) is 2.68. The minimum absolute atomic E-state index is 0.0845. The minimum atomic E-state index is -0.958. The maximum Gasteiger partial charge on any atom is 0.306 e. The van der Waals surface area contributed by atoms with Gasteiger partial charge in [0.25, 0.3) is 0 Å². The molecule has 2 atom stereocenters. The van der Waals surface area contributed by atoms with Gasteiger partial charge in [-0.05, 0) is 43.4 Å². The molecule has 1 fully saturated rings. The number of carbonyl (C=O) groups excluding carboxylic acids is 1. The molecular weight excluding hydrogens is 282 g/mol. The van der Waals surface area contributed by atoms with Gasteiger partial charge in [-0.1, -0.05) is 19.1 Å². The molecule has 1 saturated carbocycles. The molecule has 1 amide bonds. The van der Waals surface area contributed by atoms with Crippen LogP contribution in [-0.2, 0) is 15.1 Å². The van der Waals surface area contributed by atoms with Crippen molar-refractivity contribution in [3.05, 3.63) is 29.8 Å². The summed E-state index contributed by atoms with van der Waals surface area (Å²) in [6, 6.07) is 7.17. The summed E-state index contributed by atoms with van der Waals surface area (Å²) in [7, 11) is 1.56. The molecule has 2 rings (SSSR count). The molecular formula is C17H23NO4. The Balaban J connectivity index is 2.25. The van der Waals surface area contributed by atoms with Crippen LogP contribution >= 0.6 is 0 Å². The maximum atomic E-state index is 12.4. The van der Waals surface area contributed by atoms with Gasteiger partial charge in [0, 0.05) is 5.92 Å². The molecule has 120 valence electrons. The Morgan fingerprint density at radius 1 is 1.45 bits per heavy atom. The number of methoxy groups -OCH3 is 1. The third-order valence-electron chi connectivity index (χ3n) is 4.35. The Bertz CT molecular complexity index is 568. The number of benzene rings is 1. The lowest BCUT2D eigenvalue weighted by Gasteiger charge is -2.31. The van der Waals surface area contributed by atoms with Crippen molar-refractivity contribution in [2.24, 2.45) is 11.8 Å². The molecule has 1 aromatic rings. The summed E-state index contributed by atoms with van der Waals surface area (Å²) in [6.07, 6.45) is 1.97. The van der Waals surface area contributed by atoms with Crippen LogP contribution in [0.5, 0.6) is 5.75 Å². The number of carboxylic acid groups (broad SMARTS) is 1. The molecule has 2 unspecified atom stereocenters. The highest BCUT2D eigenvalue weighted by Gasteiger charge is 2.37. The lowest BCUT2D eigenvalue weighted by atomic mass is 9.87. The molecule has 2 N–H and O–H groups in total. The topological polar surface area (TPSA) is 75.6 Å². The van der Waals surface area contributed by atoms with Crippen LogP contribution < -0.4 is 10.1 Å². The number of carboxylic acids is 1. The Kier molecular flexibility index (Phi) is 4.74. The molecule has 0 aliphatic heterocycles. The highest BCUT2D eigenvalue weighted by Crippen LogP contribution is 2.37. The van der Waals surface area contributed by atoms with Crippen molar-refractivity contribution < 1.29 is 19.4 Å². The fraction of sp³-hybridized carbons (Fsp3) is 0.529. The largest absolute Gasteiger partial charge is 0.497 e. The first-order valence-electron chi connectivity index (χ1n) is 7.54. The average molecular weight is 305 g/mol. The number of carbonyl (C=O) groups is 2. The number of aliphatic carboxylic acids is 1. The van der Waals surface area contributed by atoms with E-state index in [4.69, 9.17) is 4.74 Å². The molecule has 22 heavy (non-hydrogen) atoms. The van der Waals surface area contributed by atoms with Gasteiger partial charge < -0.3 is 15.2 Å². The van der Waals surface area contributed by atoms with Crippen LogP contribution in [-0.4, -0.2) is 24.1 Å². The van der Waals surface area contributed by atoms with E-state index in [1.807, 2.05) is 13.0 Å². The number of ether oxygens (including phenoxy) is 1. The fourth-order valence-electron chi connectivity index (χ4n) is 2.68. The zero-order valence-electron chi connectivity index (χ0n) is 13.3. The van der Waals surface area contributed by atoms with Gasteiger partial charge in [-0.2, -0.15) is 0 Å². The molecule has 0 heterocycles. The Hall–Kier alpha value is -2.04. The third-order valence-corrected chi connectivity index (χ3v) is 4.35. The molecule has 1 aliphatic carbocycles. The van der Waals surface area contributed by atoms with Crippen molar-refractivity contribution in [3.8, 4) is 5.75 Å². The van der Waals surface area contributed by atoms with Crippen LogP contribution in [0.3, 0.4) is 0 Å². The minimum Gasteiger partial charge on any atom is -0.497 e. The van der Waals surface area contributed by atoms with Crippen LogP contribution in [0.15, 0.2) is 24.3 Å². The van der Waals surface area contributed by atoms with Gasteiger partial charge >= 0.3 is 5.97 Å². The third kappa shape index (κ3) is 3.78. The van der Waals surface area contributed by atoms with Gasteiger partial charge in [0.1, 0.15) is 5.75 Å². The Labute approximate surface area is 130 Å². The molecule has 5 heteroatoms. The number of hydrogen-bond donors (Lipinski definition) is 2. The first kappa shape index (κ1) is 16.3. The summed E-state index contributed by atoms with van der Waals surface area (Å²) in [5.74, 6) is -0.0597. The summed E-state index contributed by atoms with van der Waals surface area (Å²) < 4.78 is 5.20. The summed E-state index contributed by atoms with van der Waals surface area (Å²) in [5, 5.41) is 12.2. The second kappa shape index (κ2) is 6.38. The quantitative estimate of drug-likeness (QED) is 0.811. The van der Waals surface area contributed by atoms with Crippen molar-refractivity contribution in [1.82, 2.24) is 5.32 Å². The zero-order valence-corrected chi connectivity index (χ0v) is 13.3. The summed E-state index contributed by atoms with van der Waals surface area (Å²) in [4.78, 5) is 23.7. The van der Waals surface area contributed by atoms with Gasteiger partial charge in [0.2, 0.25) is 5.91 Å². The van der Waals surface area contributed by atoms with Crippen LogP contribution in [0.25, 0.3) is 0 Å². The van der Waals surface area contributed by atoms with Crippen molar-refractivity contribution in [2.45, 2.75) is 38.6 Å². The summed E-state index contributed by atoms with van der Waals surface area (Å²) in [5.41, 5.74) is -0.230. The predicted octanol–water partition coefficient (Wildman–Crippen LogP) is 2.55. The normalized spacial score (nSPS) is 18.1. The molecule has 0 bridgehead atoms. The van der Waals surface area contributed by atoms with E-state index in [0.29, 0.717) is 11.7 Å². The molecule has 1 aromatic carbocycles. The van der Waals surface area contributed by atoms with E-state index in [9.17, 15) is 14.7 Å². The average Bonchev–Trinajstić information content (AvgIpc) is 3.30. The van der Waals surface area contributed by atoms with Crippen LogP contribution in [0, 0.1) is 11.8 Å². The first-order chi connectivity index (χ1) is 10.4. The molecule has 5 nitrogen and oxygen atoms in total. The zero-order chi connectivity index (χ0) is 16.3. The summed E-state index contributed by atoms with van der Waals surface area (Å²) >= 11 is 0. The van der Waals surface area contributed by atoms with E-state index in [-0.39, 0.29) is 18.2 Å². The van der Waals surface area contributed by atoms with E-state index in [2.05, 4.69) is 5.32 Å². The SMILES string of the molecule is COc1cccc(C(C)(CC(=O)O)NC(=O)C(C)C2CC2)c1. The standard InChI is InChI=1S/C17H23NO4/c1-11(12-7-8-12)16(21)18-17(2,10-15(19)20)13-5-4-6-14(9-13)22-3/h4-6,9,11-12H,7-8,10H2,1-3H3,(H,18,21)(H,19,20). The lowest BCUT2D eigenvalue weighted by molar-refractivity contribution is -0.139. The lowest BCUT2D eigenvalue weighted by Crippen LogP contribution is -2.47. The van der Waals surface area contributed by atoms with Crippen molar-refractivity contribution in [3.63, 3.8) is 0 Å². The number of rotatable bonds is 7. The van der Waals surface area contributed by atoms with E-state index < -0.39 is 11.5 Å². The van der Waals surface area contributed by atoms with Gasteiger partial charge in [0.15, 0.2) is 0 Å². The number of nitrogens with one attached hydrogen (secondary N) is 1. The smallest absolute Gasteiger partial charge is 0.306 e. The number of hydrogen-bond acceptors (Lipinski definition) is 3. The van der Waals surface area contributed by atoms with Gasteiger partial charge in [-0.25, -0.2) is 0 Å². The van der Waals surface area contributed by atoms with E-state index >= 15 is 0 Å². The second-order valence-electron chi connectivity index (χ2n) is 6.25. The summed E-state index contributed by atoms with van der Waals surface area (Å²) in [6.45, 7) is 3.65. The Morgan fingerprint density at radius 3 is 2.68 bits per heavy atom. The molecule has 1 aliphatic rings. The van der Waals surface area contributed by atoms with E-state index in [0.717, 1.165) is 18.4 Å². The second-order valence-corrected chi connectivity index (χ2v) is 6.25. The van der Waals surface area contributed by atoms with Crippen molar-refractivity contribution >= 4 is 11.9 Å². The molecule has 0 aromatic heterocycles. The van der Waals surface area contributed by atoms with Crippen molar-refractivity contribution in [1.29, 1.82) is 0 Å². The molecule has 0 radical (unpaired) electrons.